The van der Waals surface area contributed by atoms with Crippen LogP contribution >= 0.6 is 22.9 Å². The first-order chi connectivity index (χ1) is 5.74. The lowest BCUT2D eigenvalue weighted by Crippen LogP contribution is -1.94. The number of hydrogen-bond acceptors (Lipinski definition) is 4. The third-order valence-corrected chi connectivity index (χ3v) is 2.02. The van der Waals surface area contributed by atoms with Gasteiger partial charge in [-0.2, -0.15) is 0 Å². The standard InChI is InChI=1S/C5H4ClNO2S.CH2O/c6-1-3-2-10-4(7-3)5(8)9;1-2/h2H,1H2,(H,8,9);1H2. The van der Waals surface area contributed by atoms with Gasteiger partial charge in [0.25, 0.3) is 0 Å². The molecule has 12 heavy (non-hydrogen) atoms. The third kappa shape index (κ3) is 2.98. The van der Waals surface area contributed by atoms with E-state index in [9.17, 15) is 4.79 Å². The summed E-state index contributed by atoms with van der Waals surface area (Å²) in [6, 6.07) is 0. The molecular formula is C6H6ClNO3S. The van der Waals surface area contributed by atoms with Crippen molar-refractivity contribution in [3.8, 4) is 0 Å². The van der Waals surface area contributed by atoms with Gasteiger partial charge in [-0.1, -0.05) is 0 Å². The topological polar surface area (TPSA) is 67.3 Å². The van der Waals surface area contributed by atoms with E-state index in [-0.39, 0.29) is 10.9 Å². The fraction of sp³-hybridized carbons (Fsp3) is 0.167. The van der Waals surface area contributed by atoms with Crippen LogP contribution in [0.2, 0.25) is 0 Å². The van der Waals surface area contributed by atoms with Crippen molar-refractivity contribution in [1.29, 1.82) is 0 Å². The Morgan fingerprint density at radius 1 is 1.75 bits per heavy atom. The molecule has 1 rings (SSSR count). The molecule has 0 saturated heterocycles. The first-order valence-corrected chi connectivity index (χ1v) is 4.18. The van der Waals surface area contributed by atoms with E-state index in [1.54, 1.807) is 5.38 Å². The maximum atomic E-state index is 10.2. The third-order valence-electron chi connectivity index (χ3n) is 0.872. The fourth-order valence-corrected chi connectivity index (χ4v) is 1.35. The number of carbonyl (C=O) groups excluding carboxylic acids is 1. The lowest BCUT2D eigenvalue weighted by molar-refractivity contribution is -0.0980. The average Bonchev–Trinajstić information content (AvgIpc) is 2.55. The van der Waals surface area contributed by atoms with E-state index < -0.39 is 5.97 Å². The number of alkyl halides is 1. The molecule has 66 valence electrons. The van der Waals surface area contributed by atoms with Gasteiger partial charge in [-0.25, -0.2) is 9.78 Å². The number of thiazole rings is 1. The van der Waals surface area contributed by atoms with E-state index in [1.165, 1.54) is 0 Å². The van der Waals surface area contributed by atoms with Gasteiger partial charge >= 0.3 is 5.97 Å². The van der Waals surface area contributed by atoms with Gasteiger partial charge < -0.3 is 9.90 Å². The van der Waals surface area contributed by atoms with Crippen LogP contribution in [-0.4, -0.2) is 22.8 Å². The maximum Gasteiger partial charge on any atom is 0.365 e. The van der Waals surface area contributed by atoms with Gasteiger partial charge in [0, 0.05) is 5.38 Å². The Bertz CT molecular complexity index is 263. The second-order valence-corrected chi connectivity index (χ2v) is 2.71. The summed E-state index contributed by atoms with van der Waals surface area (Å²) < 4.78 is 0. The van der Waals surface area contributed by atoms with E-state index in [0.29, 0.717) is 5.69 Å². The van der Waals surface area contributed by atoms with Crippen LogP contribution in [0.4, 0.5) is 0 Å². The van der Waals surface area contributed by atoms with Crippen molar-refractivity contribution in [3.05, 3.63) is 16.1 Å². The molecule has 0 unspecified atom stereocenters. The Morgan fingerprint density at radius 2 is 2.33 bits per heavy atom. The minimum absolute atomic E-state index is 0.0932. The average molecular weight is 208 g/mol. The Kier molecular flexibility index (Phi) is 5.23. The summed E-state index contributed by atoms with van der Waals surface area (Å²) in [6.07, 6.45) is 0. The highest BCUT2D eigenvalue weighted by Crippen LogP contribution is 2.10. The highest BCUT2D eigenvalue weighted by Gasteiger charge is 2.06. The van der Waals surface area contributed by atoms with Gasteiger partial charge in [-0.3, -0.25) is 0 Å². The van der Waals surface area contributed by atoms with E-state index >= 15 is 0 Å². The van der Waals surface area contributed by atoms with Gasteiger partial charge in [-0.05, 0) is 0 Å². The van der Waals surface area contributed by atoms with Crippen molar-refractivity contribution in [2.24, 2.45) is 0 Å². The second-order valence-electron chi connectivity index (χ2n) is 1.58. The summed E-state index contributed by atoms with van der Waals surface area (Å²) >= 11 is 6.48. The smallest absolute Gasteiger partial charge is 0.365 e. The number of hydrogen-bond donors (Lipinski definition) is 1. The van der Waals surface area contributed by atoms with E-state index in [0.717, 1.165) is 11.3 Å². The number of carbonyl (C=O) groups is 2. The van der Waals surface area contributed by atoms with Crippen LogP contribution in [0, 0.1) is 0 Å². The highest BCUT2D eigenvalue weighted by atomic mass is 35.5. The minimum atomic E-state index is -0.999. The van der Waals surface area contributed by atoms with E-state index in [2.05, 4.69) is 4.98 Å². The molecule has 0 spiro atoms. The van der Waals surface area contributed by atoms with Crippen LogP contribution in [-0.2, 0) is 10.7 Å². The zero-order valence-corrected chi connectivity index (χ0v) is 7.56. The number of carboxylic acid groups (broad SMARTS) is 1. The van der Waals surface area contributed by atoms with Crippen molar-refractivity contribution < 1.29 is 14.7 Å². The lowest BCUT2D eigenvalue weighted by atomic mass is 10.6. The molecule has 4 nitrogen and oxygen atoms in total. The number of aromatic carboxylic acids is 1. The Hall–Kier alpha value is -0.940. The Balaban J connectivity index is 0.000000561. The van der Waals surface area contributed by atoms with Crippen molar-refractivity contribution in [2.75, 3.05) is 0 Å². The summed E-state index contributed by atoms with van der Waals surface area (Å²) in [5.41, 5.74) is 0.615. The van der Waals surface area contributed by atoms with Crippen LogP contribution in [0.1, 0.15) is 15.5 Å². The van der Waals surface area contributed by atoms with Gasteiger partial charge in [0.15, 0.2) is 0 Å². The summed E-state index contributed by atoms with van der Waals surface area (Å²) in [6.45, 7) is 2.00. The van der Waals surface area contributed by atoms with Crippen LogP contribution in [0.5, 0.6) is 0 Å². The molecule has 6 heteroatoms. The van der Waals surface area contributed by atoms with Crippen molar-refractivity contribution in [3.63, 3.8) is 0 Å². The first kappa shape index (κ1) is 11.1. The van der Waals surface area contributed by atoms with E-state index in [4.69, 9.17) is 21.5 Å². The second kappa shape index (κ2) is 5.68. The van der Waals surface area contributed by atoms with Gasteiger partial charge in [-0.15, -0.1) is 22.9 Å². The molecule has 0 aliphatic heterocycles. The van der Waals surface area contributed by atoms with Crippen LogP contribution < -0.4 is 0 Å². The molecule has 1 N–H and O–H groups in total. The SMILES string of the molecule is C=O.O=C(O)c1nc(CCl)cs1. The molecule has 0 aromatic carbocycles. The monoisotopic (exact) mass is 207 g/mol. The first-order valence-electron chi connectivity index (χ1n) is 2.76. The summed E-state index contributed by atoms with van der Waals surface area (Å²) in [7, 11) is 0. The van der Waals surface area contributed by atoms with Crippen molar-refractivity contribution in [1.82, 2.24) is 4.98 Å². The molecule has 0 amide bonds. The highest BCUT2D eigenvalue weighted by molar-refractivity contribution is 7.11. The fourth-order valence-electron chi connectivity index (χ4n) is 0.467. The predicted molar refractivity (Wildman–Crippen MR) is 45.8 cm³/mol. The summed E-state index contributed by atoms with van der Waals surface area (Å²) in [5, 5.41) is 10.1. The van der Waals surface area contributed by atoms with E-state index in [1.807, 2.05) is 6.79 Å². The number of aromatic nitrogens is 1. The summed E-state index contributed by atoms with van der Waals surface area (Å²) in [5.74, 6) is -0.731. The van der Waals surface area contributed by atoms with Crippen LogP contribution in [0.3, 0.4) is 0 Å². The zero-order valence-electron chi connectivity index (χ0n) is 5.99. The minimum Gasteiger partial charge on any atom is -0.476 e. The molecule has 1 aromatic heterocycles. The maximum absolute atomic E-state index is 10.2. The van der Waals surface area contributed by atoms with Crippen LogP contribution in [0.15, 0.2) is 5.38 Å². The molecule has 0 aliphatic rings. The quantitative estimate of drug-likeness (QED) is 0.745. The molecule has 1 aromatic rings. The number of rotatable bonds is 2. The molecule has 0 saturated carbocycles. The number of nitrogens with zero attached hydrogens (tertiary/aromatic N) is 1. The molecule has 0 atom stereocenters. The normalized spacial score (nSPS) is 8.42. The molecule has 0 aliphatic carbocycles. The van der Waals surface area contributed by atoms with Gasteiger partial charge in [0.1, 0.15) is 6.79 Å². The molecule has 1 heterocycles. The zero-order chi connectivity index (χ0) is 9.56. The van der Waals surface area contributed by atoms with Crippen molar-refractivity contribution in [2.45, 2.75) is 5.88 Å². The molecule has 0 fully saturated rings. The predicted octanol–water partition coefficient (Wildman–Crippen LogP) is 1.40. The largest absolute Gasteiger partial charge is 0.476 e. The number of halogens is 1. The summed E-state index contributed by atoms with van der Waals surface area (Å²) in [4.78, 5) is 22.0. The number of carboxylic acids is 1. The Morgan fingerprint density at radius 3 is 2.58 bits per heavy atom. The van der Waals surface area contributed by atoms with Gasteiger partial charge in [0.2, 0.25) is 5.01 Å². The van der Waals surface area contributed by atoms with Gasteiger partial charge in [0.05, 0.1) is 11.6 Å². The van der Waals surface area contributed by atoms with Crippen LogP contribution in [0.25, 0.3) is 0 Å². The lowest BCUT2D eigenvalue weighted by Gasteiger charge is -1.81. The molecule has 0 bridgehead atoms. The Labute approximate surface area is 77.8 Å². The molecular weight excluding hydrogens is 202 g/mol. The molecule has 0 radical (unpaired) electrons. The van der Waals surface area contributed by atoms with Crippen molar-refractivity contribution >= 4 is 35.7 Å².